The number of allylic oxidation sites excluding steroid dienone is 3. The zero-order chi connectivity index (χ0) is 7.98. The van der Waals surface area contributed by atoms with Crippen LogP contribution < -0.4 is 0 Å². The van der Waals surface area contributed by atoms with Gasteiger partial charge in [0.15, 0.2) is 0 Å². The van der Waals surface area contributed by atoms with Crippen molar-refractivity contribution in [2.45, 2.75) is 12.8 Å². The molecule has 0 rings (SSSR count). The molecule has 0 saturated carbocycles. The average Bonchev–Trinajstić information content (AvgIpc) is 1.82. The summed E-state index contributed by atoms with van der Waals surface area (Å²) in [6.45, 7) is 7.04. The minimum absolute atomic E-state index is 0.186. The van der Waals surface area contributed by atoms with E-state index >= 15 is 0 Å². The smallest absolute Gasteiger partial charge is 0.0538 e. The van der Waals surface area contributed by atoms with Gasteiger partial charge in [0.25, 0.3) is 0 Å². The van der Waals surface area contributed by atoms with Crippen molar-refractivity contribution in [3.63, 3.8) is 0 Å². The van der Waals surface area contributed by atoms with Gasteiger partial charge >= 0.3 is 0 Å². The molecule has 0 atom stereocenters. The minimum Gasteiger partial charge on any atom is -0.103 e. The summed E-state index contributed by atoms with van der Waals surface area (Å²) < 4.78 is 13.6. The molecule has 0 aromatic heterocycles. The lowest BCUT2D eigenvalue weighted by molar-refractivity contribution is 1.02. The van der Waals surface area contributed by atoms with E-state index in [1.54, 1.807) is 6.08 Å². The largest absolute Gasteiger partial charge is 0.103 e. The highest BCUT2D eigenvalue weighted by atomic mass is 13.9. The van der Waals surface area contributed by atoms with Crippen molar-refractivity contribution in [1.29, 1.82) is 0 Å². The molecule has 0 bridgehead atoms. The van der Waals surface area contributed by atoms with Crippen LogP contribution in [0.5, 0.6) is 0 Å². The van der Waals surface area contributed by atoms with Gasteiger partial charge in [0.2, 0.25) is 0 Å². The fourth-order valence-corrected chi connectivity index (χ4v) is 0.360. The molecule has 0 spiro atoms. The number of rotatable bonds is 4. The average molecular weight is 110 g/mol. The van der Waals surface area contributed by atoms with Crippen molar-refractivity contribution in [3.05, 3.63) is 37.4 Å². The highest BCUT2D eigenvalue weighted by Gasteiger charge is 1.81. The zero-order valence-electron chi connectivity index (χ0n) is 6.98. The van der Waals surface area contributed by atoms with Crippen LogP contribution in [0, 0.1) is 0 Å². The molecule has 0 saturated heterocycles. The van der Waals surface area contributed by atoms with E-state index in [-0.39, 0.29) is 6.53 Å². The summed E-state index contributed by atoms with van der Waals surface area (Å²) in [6, 6.07) is 0. The summed E-state index contributed by atoms with van der Waals surface area (Å²) >= 11 is 0. The third-order valence-corrected chi connectivity index (χ3v) is 0.874. The van der Waals surface area contributed by atoms with E-state index in [4.69, 9.17) is 2.74 Å². The van der Waals surface area contributed by atoms with Crippen LogP contribution in [0.3, 0.4) is 0 Å². The standard InChI is InChI=1S/C8H12/c1-4-6-7-8(3)5-2/h4-5H,1-3,6-7H2/i2D2. The van der Waals surface area contributed by atoms with E-state index < -0.39 is 0 Å². The molecule has 0 amide bonds. The normalized spacial score (nSPS) is 11.0. The minimum atomic E-state index is -0.186. The molecule has 0 fully saturated rings. The highest BCUT2D eigenvalue weighted by Crippen LogP contribution is 2.01. The highest BCUT2D eigenvalue weighted by molar-refractivity contribution is 5.10. The Labute approximate surface area is 54.0 Å². The lowest BCUT2D eigenvalue weighted by Crippen LogP contribution is -1.71. The third kappa shape index (κ3) is 3.41. The van der Waals surface area contributed by atoms with Crippen molar-refractivity contribution in [3.8, 4) is 0 Å². The Balaban J connectivity index is 3.64. The van der Waals surface area contributed by atoms with Gasteiger partial charge in [0.05, 0.1) is 2.74 Å². The van der Waals surface area contributed by atoms with Crippen LogP contribution in [0.1, 0.15) is 15.6 Å². The summed E-state index contributed by atoms with van der Waals surface area (Å²) in [5, 5.41) is 0. The lowest BCUT2D eigenvalue weighted by Gasteiger charge is -1.91. The summed E-state index contributed by atoms with van der Waals surface area (Å²) in [5.41, 5.74) is 0.819. The fraction of sp³-hybridized carbons (Fsp3) is 0.250. The SMILES string of the molecule is [2H]C([2H])=CC(=C)CCC=C. The van der Waals surface area contributed by atoms with Gasteiger partial charge in [-0.05, 0) is 12.8 Å². The van der Waals surface area contributed by atoms with Crippen LogP contribution in [-0.4, -0.2) is 0 Å². The van der Waals surface area contributed by atoms with E-state index in [0.717, 1.165) is 18.4 Å². The molecule has 0 heteroatoms. The Bertz CT molecular complexity index is 153. The maximum Gasteiger partial charge on any atom is 0.0538 e. The number of hydrogen-bond acceptors (Lipinski definition) is 0. The monoisotopic (exact) mass is 110 g/mol. The van der Waals surface area contributed by atoms with Gasteiger partial charge in [0, 0.05) is 0 Å². The zero-order valence-corrected chi connectivity index (χ0v) is 4.98. The van der Waals surface area contributed by atoms with E-state index in [1.807, 2.05) is 0 Å². The molecule has 0 unspecified atom stereocenters. The first-order valence-corrected chi connectivity index (χ1v) is 2.60. The van der Waals surface area contributed by atoms with E-state index in [0.29, 0.717) is 0 Å². The predicted octanol–water partition coefficient (Wildman–Crippen LogP) is 2.69. The van der Waals surface area contributed by atoms with E-state index in [9.17, 15) is 0 Å². The van der Waals surface area contributed by atoms with Crippen LogP contribution in [0.2, 0.25) is 0 Å². The third-order valence-electron chi connectivity index (χ3n) is 0.874. The maximum atomic E-state index is 6.78. The van der Waals surface area contributed by atoms with Crippen LogP contribution in [0.4, 0.5) is 0 Å². The first kappa shape index (κ1) is 4.13. The van der Waals surface area contributed by atoms with Crippen molar-refractivity contribution in [2.24, 2.45) is 0 Å². The molecular weight excluding hydrogens is 96.1 g/mol. The predicted molar refractivity (Wildman–Crippen MR) is 38.8 cm³/mol. The first-order valence-electron chi connectivity index (χ1n) is 3.60. The van der Waals surface area contributed by atoms with Gasteiger partial charge in [-0.2, -0.15) is 0 Å². The molecule has 0 aliphatic rings. The van der Waals surface area contributed by atoms with Gasteiger partial charge < -0.3 is 0 Å². The quantitative estimate of drug-likeness (QED) is 0.385. The summed E-state index contributed by atoms with van der Waals surface area (Å²) in [5.74, 6) is 0. The van der Waals surface area contributed by atoms with Gasteiger partial charge in [-0.1, -0.05) is 30.8 Å². The second kappa shape index (κ2) is 4.38. The fourth-order valence-electron chi connectivity index (χ4n) is 0.360. The van der Waals surface area contributed by atoms with Crippen LogP contribution in [-0.2, 0) is 0 Å². The van der Waals surface area contributed by atoms with Crippen molar-refractivity contribution in [2.75, 3.05) is 0 Å². The topological polar surface area (TPSA) is 0 Å². The van der Waals surface area contributed by atoms with Gasteiger partial charge in [0.1, 0.15) is 0 Å². The lowest BCUT2D eigenvalue weighted by atomic mass is 10.2. The maximum absolute atomic E-state index is 6.78. The molecule has 0 aliphatic carbocycles. The van der Waals surface area contributed by atoms with Crippen molar-refractivity contribution in [1.82, 2.24) is 0 Å². The first-order chi connectivity index (χ1) is 4.66. The molecule has 0 aromatic rings. The summed E-state index contributed by atoms with van der Waals surface area (Å²) in [6.07, 6.45) is 4.91. The molecule has 0 aliphatic heterocycles. The van der Waals surface area contributed by atoms with Gasteiger partial charge in [-0.3, -0.25) is 0 Å². The second-order valence-electron chi connectivity index (χ2n) is 1.63. The number of hydrogen-bond donors (Lipinski definition) is 0. The van der Waals surface area contributed by atoms with E-state index in [1.165, 1.54) is 6.08 Å². The summed E-state index contributed by atoms with van der Waals surface area (Å²) in [7, 11) is 0. The Kier molecular flexibility index (Phi) is 2.26. The van der Waals surface area contributed by atoms with Crippen LogP contribution in [0.15, 0.2) is 37.4 Å². The molecule has 8 heavy (non-hydrogen) atoms. The van der Waals surface area contributed by atoms with Crippen LogP contribution >= 0.6 is 0 Å². The molecule has 0 heterocycles. The summed E-state index contributed by atoms with van der Waals surface area (Å²) in [4.78, 5) is 0. The Hall–Kier alpha value is -0.780. The Morgan fingerprint density at radius 2 is 2.50 bits per heavy atom. The molecular formula is C8H12. The van der Waals surface area contributed by atoms with Crippen molar-refractivity contribution < 1.29 is 2.74 Å². The van der Waals surface area contributed by atoms with Gasteiger partial charge in [-0.25, -0.2) is 0 Å². The molecule has 0 nitrogen and oxygen atoms in total. The molecule has 0 aromatic carbocycles. The molecule has 44 valence electrons. The Morgan fingerprint density at radius 1 is 1.75 bits per heavy atom. The Morgan fingerprint density at radius 3 is 3.00 bits per heavy atom. The van der Waals surface area contributed by atoms with Crippen molar-refractivity contribution >= 4 is 0 Å². The second-order valence-corrected chi connectivity index (χ2v) is 1.63. The molecule has 0 radical (unpaired) electrons. The molecule has 0 N–H and O–H groups in total. The van der Waals surface area contributed by atoms with Crippen LogP contribution in [0.25, 0.3) is 0 Å². The van der Waals surface area contributed by atoms with E-state index in [2.05, 4.69) is 13.2 Å². The van der Waals surface area contributed by atoms with Gasteiger partial charge in [-0.15, -0.1) is 6.58 Å².